The zero-order chi connectivity index (χ0) is 17.8. The van der Waals surface area contributed by atoms with E-state index in [1.165, 1.54) is 0 Å². The van der Waals surface area contributed by atoms with Crippen LogP contribution in [-0.4, -0.2) is 66.8 Å². The van der Waals surface area contributed by atoms with E-state index < -0.39 is 0 Å². The Bertz CT molecular complexity index is 739. The quantitative estimate of drug-likeness (QED) is 0.906. The molecule has 1 heterocycles. The van der Waals surface area contributed by atoms with Crippen LogP contribution in [0.25, 0.3) is 10.8 Å². The summed E-state index contributed by atoms with van der Waals surface area (Å²) in [6.07, 6.45) is 0.476. The average Bonchev–Trinajstić information content (AvgIpc) is 2.67. The molecule has 2 aromatic rings. The highest BCUT2D eigenvalue weighted by Gasteiger charge is 2.24. The third kappa shape index (κ3) is 3.78. The van der Waals surface area contributed by atoms with Crippen LogP contribution >= 0.6 is 0 Å². The number of amides is 1. The second-order valence-electron chi connectivity index (χ2n) is 6.52. The van der Waals surface area contributed by atoms with Gasteiger partial charge in [0.1, 0.15) is 5.75 Å². The van der Waals surface area contributed by atoms with Crippen molar-refractivity contribution < 1.29 is 14.6 Å². The summed E-state index contributed by atoms with van der Waals surface area (Å²) in [6, 6.07) is 11.6. The van der Waals surface area contributed by atoms with E-state index in [0.29, 0.717) is 19.6 Å². The van der Waals surface area contributed by atoms with Gasteiger partial charge < -0.3 is 14.7 Å². The van der Waals surface area contributed by atoms with Gasteiger partial charge in [0, 0.05) is 43.7 Å². The van der Waals surface area contributed by atoms with Gasteiger partial charge in [-0.25, -0.2) is 0 Å². The van der Waals surface area contributed by atoms with Gasteiger partial charge in [-0.3, -0.25) is 9.69 Å². The maximum atomic E-state index is 13.0. The van der Waals surface area contributed by atoms with Crippen LogP contribution < -0.4 is 4.74 Å². The van der Waals surface area contributed by atoms with Gasteiger partial charge in [-0.15, -0.1) is 0 Å². The fourth-order valence-corrected chi connectivity index (χ4v) is 3.37. The first kappa shape index (κ1) is 17.7. The molecule has 1 N–H and O–H groups in total. The van der Waals surface area contributed by atoms with E-state index in [2.05, 4.69) is 4.90 Å². The van der Waals surface area contributed by atoms with Crippen LogP contribution in [0, 0.1) is 0 Å². The lowest BCUT2D eigenvalue weighted by Gasteiger charge is -2.35. The number of methoxy groups -OCH3 is 1. The predicted molar refractivity (Wildman–Crippen MR) is 99.1 cm³/mol. The zero-order valence-electron chi connectivity index (χ0n) is 14.9. The number of aliphatic hydroxyl groups excluding tert-OH is 1. The molecule has 0 unspecified atom stereocenters. The van der Waals surface area contributed by atoms with E-state index in [4.69, 9.17) is 4.74 Å². The summed E-state index contributed by atoms with van der Waals surface area (Å²) in [5, 5.41) is 11.7. The van der Waals surface area contributed by atoms with Crippen molar-refractivity contribution in [3.05, 3.63) is 42.0 Å². The van der Waals surface area contributed by atoms with Crippen LogP contribution in [0.1, 0.15) is 23.7 Å². The fourth-order valence-electron chi connectivity index (χ4n) is 3.37. The second kappa shape index (κ2) is 7.85. The van der Waals surface area contributed by atoms with Crippen LogP contribution in [0.5, 0.6) is 5.75 Å². The third-order valence-electron chi connectivity index (χ3n) is 4.93. The number of hydrogen-bond donors (Lipinski definition) is 1. The molecule has 1 aliphatic rings. The van der Waals surface area contributed by atoms with Crippen LogP contribution in [-0.2, 0) is 0 Å². The molecule has 3 rings (SSSR count). The Labute approximate surface area is 148 Å². The topological polar surface area (TPSA) is 53.0 Å². The molecule has 5 heteroatoms. The van der Waals surface area contributed by atoms with Crippen molar-refractivity contribution in [1.29, 1.82) is 0 Å². The molecule has 0 aromatic heterocycles. The zero-order valence-corrected chi connectivity index (χ0v) is 14.9. The molecule has 0 spiro atoms. The Morgan fingerprint density at radius 1 is 1.12 bits per heavy atom. The summed E-state index contributed by atoms with van der Waals surface area (Å²) in [7, 11) is 1.65. The predicted octanol–water partition coefficient (Wildman–Crippen LogP) is 2.38. The van der Waals surface area contributed by atoms with Gasteiger partial charge >= 0.3 is 0 Å². The third-order valence-corrected chi connectivity index (χ3v) is 4.93. The van der Waals surface area contributed by atoms with Crippen molar-refractivity contribution in [3.8, 4) is 5.75 Å². The number of carbonyl (C=O) groups excluding carboxylic acids is 1. The lowest BCUT2D eigenvalue weighted by molar-refractivity contribution is 0.0525. The molecule has 25 heavy (non-hydrogen) atoms. The molecule has 2 aromatic carbocycles. The molecule has 5 nitrogen and oxygen atoms in total. The summed E-state index contributed by atoms with van der Waals surface area (Å²) in [5.74, 6) is 0.847. The van der Waals surface area contributed by atoms with E-state index in [9.17, 15) is 9.90 Å². The molecular formula is C20H26N2O3. The Morgan fingerprint density at radius 2 is 1.80 bits per heavy atom. The van der Waals surface area contributed by atoms with Gasteiger partial charge in [-0.05, 0) is 23.9 Å². The maximum Gasteiger partial charge on any atom is 0.254 e. The largest absolute Gasteiger partial charge is 0.496 e. The standard InChI is InChI=1S/C20H26N2O3/c1-3-15(23)14-21-10-12-22(13-11-21)20(24)18-8-9-19(25-2)17-7-5-4-6-16(17)18/h4-9,15,23H,3,10-14H2,1-2H3/t15-/m1/s1. The van der Waals surface area contributed by atoms with Crippen molar-refractivity contribution in [3.63, 3.8) is 0 Å². The van der Waals surface area contributed by atoms with Gasteiger partial charge in [0.25, 0.3) is 5.91 Å². The van der Waals surface area contributed by atoms with E-state index in [1.807, 2.05) is 48.2 Å². The van der Waals surface area contributed by atoms with E-state index in [0.717, 1.165) is 41.6 Å². The molecule has 1 fully saturated rings. The Kier molecular flexibility index (Phi) is 5.56. The molecule has 1 aliphatic heterocycles. The number of nitrogens with zero attached hydrogens (tertiary/aromatic N) is 2. The highest BCUT2D eigenvalue weighted by molar-refractivity contribution is 6.08. The molecule has 0 saturated carbocycles. The van der Waals surface area contributed by atoms with Crippen LogP contribution in [0.2, 0.25) is 0 Å². The molecular weight excluding hydrogens is 316 g/mol. The van der Waals surface area contributed by atoms with Crippen molar-refractivity contribution in [2.75, 3.05) is 39.8 Å². The molecule has 1 atom stereocenters. The normalized spacial score (nSPS) is 16.8. The van der Waals surface area contributed by atoms with Crippen molar-refractivity contribution >= 4 is 16.7 Å². The highest BCUT2D eigenvalue weighted by atomic mass is 16.5. The fraction of sp³-hybridized carbons (Fsp3) is 0.450. The monoisotopic (exact) mass is 342 g/mol. The molecule has 0 aliphatic carbocycles. The van der Waals surface area contributed by atoms with Gasteiger partial charge in [-0.2, -0.15) is 0 Å². The molecule has 1 saturated heterocycles. The Balaban J connectivity index is 1.75. The number of aliphatic hydroxyl groups is 1. The van der Waals surface area contributed by atoms with Crippen LogP contribution in [0.3, 0.4) is 0 Å². The van der Waals surface area contributed by atoms with E-state index in [-0.39, 0.29) is 12.0 Å². The van der Waals surface area contributed by atoms with E-state index >= 15 is 0 Å². The van der Waals surface area contributed by atoms with Gasteiger partial charge in [0.15, 0.2) is 0 Å². The van der Waals surface area contributed by atoms with Gasteiger partial charge in [-0.1, -0.05) is 31.2 Å². The second-order valence-corrected chi connectivity index (χ2v) is 6.52. The maximum absolute atomic E-state index is 13.0. The molecule has 1 amide bonds. The summed E-state index contributed by atoms with van der Waals surface area (Å²) in [4.78, 5) is 17.1. The molecule has 0 radical (unpaired) electrons. The highest BCUT2D eigenvalue weighted by Crippen LogP contribution is 2.29. The van der Waals surface area contributed by atoms with E-state index in [1.54, 1.807) is 7.11 Å². The van der Waals surface area contributed by atoms with Gasteiger partial charge in [0.05, 0.1) is 13.2 Å². The first-order chi connectivity index (χ1) is 12.1. The summed E-state index contributed by atoms with van der Waals surface area (Å²) in [5.41, 5.74) is 0.721. The van der Waals surface area contributed by atoms with Crippen molar-refractivity contribution in [1.82, 2.24) is 9.80 Å². The van der Waals surface area contributed by atoms with Crippen LogP contribution in [0.4, 0.5) is 0 Å². The first-order valence-electron chi connectivity index (χ1n) is 8.89. The van der Waals surface area contributed by atoms with Crippen LogP contribution in [0.15, 0.2) is 36.4 Å². The number of rotatable bonds is 5. The number of carbonyl (C=O) groups is 1. The number of ether oxygens (including phenoxy) is 1. The molecule has 0 bridgehead atoms. The summed E-state index contributed by atoms with van der Waals surface area (Å²) < 4.78 is 5.41. The number of piperazine rings is 1. The first-order valence-corrected chi connectivity index (χ1v) is 8.89. The molecule has 134 valence electrons. The average molecular weight is 342 g/mol. The smallest absolute Gasteiger partial charge is 0.254 e. The minimum absolute atomic E-state index is 0.0644. The Morgan fingerprint density at radius 3 is 2.44 bits per heavy atom. The number of fused-ring (bicyclic) bond motifs is 1. The lowest BCUT2D eigenvalue weighted by atomic mass is 10.0. The minimum Gasteiger partial charge on any atom is -0.496 e. The number of β-amino-alcohol motifs (C(OH)–C–C–N with tert-alkyl or cyclic N) is 1. The Hall–Kier alpha value is -2.11. The number of hydrogen-bond acceptors (Lipinski definition) is 4. The lowest BCUT2D eigenvalue weighted by Crippen LogP contribution is -2.50. The summed E-state index contributed by atoms with van der Waals surface area (Å²) in [6.45, 7) is 5.66. The minimum atomic E-state index is -0.284. The summed E-state index contributed by atoms with van der Waals surface area (Å²) >= 11 is 0. The van der Waals surface area contributed by atoms with Crippen molar-refractivity contribution in [2.24, 2.45) is 0 Å². The van der Waals surface area contributed by atoms with Gasteiger partial charge in [0.2, 0.25) is 0 Å². The SMILES string of the molecule is CC[C@@H](O)CN1CCN(C(=O)c2ccc(OC)c3ccccc23)CC1. The van der Waals surface area contributed by atoms with Crippen molar-refractivity contribution in [2.45, 2.75) is 19.4 Å². The number of benzene rings is 2.